The van der Waals surface area contributed by atoms with Gasteiger partial charge in [-0.15, -0.1) is 10.2 Å². The highest BCUT2D eigenvalue weighted by molar-refractivity contribution is 7.99. The van der Waals surface area contributed by atoms with Crippen molar-refractivity contribution in [3.05, 3.63) is 64.9 Å². The van der Waals surface area contributed by atoms with Crippen LogP contribution in [0.3, 0.4) is 0 Å². The van der Waals surface area contributed by atoms with Crippen molar-refractivity contribution >= 4 is 35.0 Å². The third kappa shape index (κ3) is 6.38. The van der Waals surface area contributed by atoms with E-state index in [1.165, 1.54) is 12.1 Å². The van der Waals surface area contributed by atoms with E-state index in [0.29, 0.717) is 28.3 Å². The Labute approximate surface area is 185 Å². The third-order valence-corrected chi connectivity index (χ3v) is 5.32. The van der Waals surface area contributed by atoms with Crippen molar-refractivity contribution in [2.75, 3.05) is 11.1 Å². The summed E-state index contributed by atoms with van der Waals surface area (Å²) in [5.41, 5.74) is -0.747. The summed E-state index contributed by atoms with van der Waals surface area (Å²) in [6.07, 6.45) is -4.47. The summed E-state index contributed by atoms with van der Waals surface area (Å²) >= 11 is 6.99. The van der Waals surface area contributed by atoms with E-state index >= 15 is 0 Å². The predicted octanol–water partition coefficient (Wildman–Crippen LogP) is 5.28. The number of thioether (sulfide) groups is 1. The van der Waals surface area contributed by atoms with Crippen molar-refractivity contribution in [2.24, 2.45) is 0 Å². The van der Waals surface area contributed by atoms with Gasteiger partial charge in [-0.3, -0.25) is 4.79 Å². The van der Waals surface area contributed by atoms with Crippen LogP contribution in [-0.2, 0) is 24.1 Å². The number of benzene rings is 2. The Balaban J connectivity index is 1.57. The molecule has 0 saturated heterocycles. The van der Waals surface area contributed by atoms with Crippen LogP contribution in [0.15, 0.2) is 53.7 Å². The van der Waals surface area contributed by atoms with Crippen LogP contribution in [0.1, 0.15) is 18.3 Å². The molecule has 11 heteroatoms. The number of rotatable bonds is 8. The lowest BCUT2D eigenvalue weighted by molar-refractivity contribution is -0.137. The molecule has 1 aromatic heterocycles. The number of amides is 1. The van der Waals surface area contributed by atoms with Crippen LogP contribution in [0.4, 0.5) is 18.9 Å². The van der Waals surface area contributed by atoms with Gasteiger partial charge in [-0.05, 0) is 49.4 Å². The molecule has 2 aromatic carbocycles. The van der Waals surface area contributed by atoms with Crippen LogP contribution < -0.4 is 10.1 Å². The topological polar surface area (TPSA) is 69.0 Å². The zero-order valence-corrected chi connectivity index (χ0v) is 17.9. The van der Waals surface area contributed by atoms with Crippen LogP contribution in [0.2, 0.25) is 5.02 Å². The van der Waals surface area contributed by atoms with Gasteiger partial charge in [0.15, 0.2) is 11.0 Å². The van der Waals surface area contributed by atoms with E-state index in [9.17, 15) is 18.0 Å². The van der Waals surface area contributed by atoms with Gasteiger partial charge in [0.1, 0.15) is 12.4 Å². The molecule has 31 heavy (non-hydrogen) atoms. The van der Waals surface area contributed by atoms with E-state index in [4.69, 9.17) is 16.3 Å². The van der Waals surface area contributed by atoms with E-state index in [-0.39, 0.29) is 18.0 Å². The maximum atomic E-state index is 12.8. The number of alkyl halides is 3. The molecular formula is C20H18ClF3N4O2S. The quantitative estimate of drug-likeness (QED) is 0.454. The molecule has 0 bridgehead atoms. The normalized spacial score (nSPS) is 11.4. The summed E-state index contributed by atoms with van der Waals surface area (Å²) in [7, 11) is 0. The number of aromatic nitrogens is 3. The van der Waals surface area contributed by atoms with Gasteiger partial charge in [-0.25, -0.2) is 0 Å². The Bertz CT molecular complexity index is 1040. The Morgan fingerprint density at radius 1 is 1.19 bits per heavy atom. The summed E-state index contributed by atoms with van der Waals surface area (Å²) in [6.45, 7) is 2.64. The van der Waals surface area contributed by atoms with Crippen LogP contribution >= 0.6 is 23.4 Å². The van der Waals surface area contributed by atoms with Gasteiger partial charge in [-0.1, -0.05) is 29.4 Å². The average Bonchev–Trinajstić information content (AvgIpc) is 3.13. The first-order valence-electron chi connectivity index (χ1n) is 9.16. The zero-order chi connectivity index (χ0) is 22.4. The maximum Gasteiger partial charge on any atom is 0.416 e. The minimum Gasteiger partial charge on any atom is -0.486 e. The molecule has 164 valence electrons. The lowest BCUT2D eigenvalue weighted by Crippen LogP contribution is -2.15. The Morgan fingerprint density at radius 3 is 2.61 bits per heavy atom. The van der Waals surface area contributed by atoms with E-state index in [2.05, 4.69) is 15.5 Å². The molecular weight excluding hydrogens is 453 g/mol. The second-order valence-electron chi connectivity index (χ2n) is 6.30. The van der Waals surface area contributed by atoms with Crippen molar-refractivity contribution < 1.29 is 22.7 Å². The summed E-state index contributed by atoms with van der Waals surface area (Å²) in [4.78, 5) is 12.2. The molecule has 6 nitrogen and oxygen atoms in total. The van der Waals surface area contributed by atoms with Gasteiger partial charge in [0.25, 0.3) is 0 Å². The number of nitrogens with zero attached hydrogens (tertiary/aromatic N) is 3. The fourth-order valence-corrected chi connectivity index (χ4v) is 3.58. The molecule has 0 saturated carbocycles. The molecule has 0 spiro atoms. The van der Waals surface area contributed by atoms with Gasteiger partial charge in [0.05, 0.1) is 11.3 Å². The van der Waals surface area contributed by atoms with Gasteiger partial charge >= 0.3 is 6.18 Å². The maximum absolute atomic E-state index is 12.8. The Morgan fingerprint density at radius 2 is 1.94 bits per heavy atom. The van der Waals surface area contributed by atoms with Crippen molar-refractivity contribution in [1.82, 2.24) is 14.8 Å². The smallest absolute Gasteiger partial charge is 0.416 e. The number of anilines is 1. The van der Waals surface area contributed by atoms with Crippen molar-refractivity contribution in [3.63, 3.8) is 0 Å². The number of halogens is 4. The SMILES string of the molecule is CCn1c(COc2ccc(Cl)cc2)nnc1SCC(=O)Nc1cccc(C(F)(F)F)c1. The van der Waals surface area contributed by atoms with Crippen molar-refractivity contribution in [3.8, 4) is 5.75 Å². The molecule has 1 N–H and O–H groups in total. The molecule has 0 atom stereocenters. The molecule has 0 fully saturated rings. The Kier molecular flexibility index (Phi) is 7.45. The highest BCUT2D eigenvalue weighted by Crippen LogP contribution is 2.30. The molecule has 0 aliphatic heterocycles. The van der Waals surface area contributed by atoms with Crippen LogP contribution in [-0.4, -0.2) is 26.4 Å². The van der Waals surface area contributed by atoms with Gasteiger partial charge in [0, 0.05) is 17.3 Å². The largest absolute Gasteiger partial charge is 0.486 e. The highest BCUT2D eigenvalue weighted by Gasteiger charge is 2.30. The molecule has 1 amide bonds. The number of ether oxygens (including phenoxy) is 1. The first-order valence-corrected chi connectivity index (χ1v) is 10.5. The van der Waals surface area contributed by atoms with Crippen molar-refractivity contribution in [2.45, 2.75) is 31.4 Å². The second-order valence-corrected chi connectivity index (χ2v) is 7.68. The molecule has 0 aliphatic carbocycles. The lowest BCUT2D eigenvalue weighted by atomic mass is 10.2. The monoisotopic (exact) mass is 470 g/mol. The number of nitrogens with one attached hydrogen (secondary N) is 1. The van der Waals surface area contributed by atoms with Crippen molar-refractivity contribution in [1.29, 1.82) is 0 Å². The summed E-state index contributed by atoms with van der Waals surface area (Å²) in [6, 6.07) is 11.4. The van der Waals surface area contributed by atoms with Crippen LogP contribution in [0.25, 0.3) is 0 Å². The molecule has 0 unspecified atom stereocenters. The second kappa shape index (κ2) is 10.1. The number of carbonyl (C=O) groups is 1. The minimum atomic E-state index is -4.47. The summed E-state index contributed by atoms with van der Waals surface area (Å²) in [5.74, 6) is 0.726. The molecule has 3 aromatic rings. The Hall–Kier alpha value is -2.72. The average molecular weight is 471 g/mol. The zero-order valence-electron chi connectivity index (χ0n) is 16.3. The lowest BCUT2D eigenvalue weighted by Gasteiger charge is -2.10. The first kappa shape index (κ1) is 23.0. The minimum absolute atomic E-state index is 0.0353. The summed E-state index contributed by atoms with van der Waals surface area (Å²) < 4.78 is 45.9. The fourth-order valence-electron chi connectivity index (χ4n) is 2.63. The van der Waals surface area contributed by atoms with E-state index < -0.39 is 17.6 Å². The highest BCUT2D eigenvalue weighted by atomic mass is 35.5. The van der Waals surface area contributed by atoms with Crippen LogP contribution in [0, 0.1) is 0 Å². The molecule has 3 rings (SSSR count). The first-order chi connectivity index (χ1) is 14.8. The van der Waals surface area contributed by atoms with E-state index in [1.807, 2.05) is 6.92 Å². The fraction of sp³-hybridized carbons (Fsp3) is 0.250. The summed E-state index contributed by atoms with van der Waals surface area (Å²) in [5, 5.41) is 11.8. The van der Waals surface area contributed by atoms with Crippen LogP contribution in [0.5, 0.6) is 5.75 Å². The van der Waals surface area contributed by atoms with Gasteiger partial charge in [-0.2, -0.15) is 13.2 Å². The predicted molar refractivity (Wildman–Crippen MR) is 112 cm³/mol. The molecule has 0 radical (unpaired) electrons. The number of hydrogen-bond acceptors (Lipinski definition) is 5. The number of carbonyl (C=O) groups excluding carboxylic acids is 1. The van der Waals surface area contributed by atoms with Gasteiger partial charge in [0.2, 0.25) is 5.91 Å². The molecule has 0 aliphatic rings. The third-order valence-electron chi connectivity index (χ3n) is 4.10. The standard InChI is InChI=1S/C20H18ClF3N4O2S/c1-2-28-17(11-30-16-8-6-14(21)7-9-16)26-27-19(28)31-12-18(29)25-15-5-3-4-13(10-15)20(22,23)24/h3-10H,2,11-12H2,1H3,(H,25,29). The van der Waals surface area contributed by atoms with E-state index in [1.54, 1.807) is 28.8 Å². The van der Waals surface area contributed by atoms with Gasteiger partial charge < -0.3 is 14.6 Å². The number of hydrogen-bond donors (Lipinski definition) is 1. The molecule has 1 heterocycles. The van der Waals surface area contributed by atoms with E-state index in [0.717, 1.165) is 23.9 Å².